The fourth-order valence-electron chi connectivity index (χ4n) is 11.1. The van der Waals surface area contributed by atoms with Crippen molar-refractivity contribution in [3.63, 3.8) is 0 Å². The molecule has 0 fully saturated rings. The molecule has 0 aliphatic carbocycles. The van der Waals surface area contributed by atoms with Crippen molar-refractivity contribution in [1.82, 2.24) is 24.1 Å². The third kappa shape index (κ3) is 5.63. The molecule has 0 amide bonds. The van der Waals surface area contributed by atoms with Crippen LogP contribution in [0.4, 0.5) is 0 Å². The standard InChI is InChI=1S/C63H37N5O/c1-2-16-38(17-3-1)61-64-62(40-31-33-50-49-25-11-15-29-59(49)69-60(50)35-40)66-63(65-61)68-56-28-14-10-24-48(56)53-36-57-52(37-58(53)68)47-23-9-13-27-55(47)67(57)54-26-12-8-18-41(54)39-30-32-46-44-21-5-4-19-42(44)43-20-6-7-22-45(43)51(46)34-39/h1-37H. The Bertz CT molecular complexity index is 4580. The molecular weight excluding hydrogens is 843 g/mol. The molecule has 6 nitrogen and oxygen atoms in total. The third-order valence-electron chi connectivity index (χ3n) is 14.2. The summed E-state index contributed by atoms with van der Waals surface area (Å²) in [6.07, 6.45) is 0. The monoisotopic (exact) mass is 879 g/mol. The van der Waals surface area contributed by atoms with Crippen LogP contribution in [0, 0.1) is 0 Å². The van der Waals surface area contributed by atoms with Crippen molar-refractivity contribution in [1.29, 1.82) is 0 Å². The molecule has 0 spiro atoms. The van der Waals surface area contributed by atoms with Gasteiger partial charge in [-0.05, 0) is 92.5 Å². The van der Waals surface area contributed by atoms with Gasteiger partial charge in [-0.15, -0.1) is 0 Å². The second-order valence-corrected chi connectivity index (χ2v) is 17.9. The third-order valence-corrected chi connectivity index (χ3v) is 14.2. The topological polar surface area (TPSA) is 61.7 Å². The van der Waals surface area contributed by atoms with Crippen LogP contribution >= 0.6 is 0 Å². The Morgan fingerprint density at radius 2 is 0.768 bits per heavy atom. The molecule has 4 aromatic heterocycles. The van der Waals surface area contributed by atoms with Gasteiger partial charge in [-0.1, -0.05) is 170 Å². The Morgan fingerprint density at radius 3 is 1.48 bits per heavy atom. The van der Waals surface area contributed by atoms with Crippen LogP contribution in [0.5, 0.6) is 0 Å². The fourth-order valence-corrected chi connectivity index (χ4v) is 11.1. The van der Waals surface area contributed by atoms with Gasteiger partial charge < -0.3 is 8.98 Å². The molecule has 0 saturated heterocycles. The highest BCUT2D eigenvalue weighted by Crippen LogP contribution is 2.43. The van der Waals surface area contributed by atoms with Crippen molar-refractivity contribution < 1.29 is 4.42 Å². The minimum atomic E-state index is 0.541. The number of benzene rings is 11. The lowest BCUT2D eigenvalue weighted by Gasteiger charge is -2.16. The van der Waals surface area contributed by atoms with E-state index in [1.165, 1.54) is 37.9 Å². The number of fused-ring (bicyclic) bond motifs is 15. The van der Waals surface area contributed by atoms with Crippen LogP contribution in [0.3, 0.4) is 0 Å². The van der Waals surface area contributed by atoms with Crippen molar-refractivity contribution in [2.45, 2.75) is 0 Å². The van der Waals surface area contributed by atoms with Crippen LogP contribution in [0.2, 0.25) is 0 Å². The number of furan rings is 1. The lowest BCUT2D eigenvalue weighted by atomic mass is 9.92. The molecule has 0 aliphatic rings. The first-order valence-electron chi connectivity index (χ1n) is 23.3. The molecule has 320 valence electrons. The molecule has 15 rings (SSSR count). The minimum Gasteiger partial charge on any atom is -0.456 e. The summed E-state index contributed by atoms with van der Waals surface area (Å²) in [4.78, 5) is 15.7. The summed E-state index contributed by atoms with van der Waals surface area (Å²) in [5, 5.41) is 14.2. The largest absolute Gasteiger partial charge is 0.456 e. The average Bonchev–Trinajstić information content (AvgIpc) is 4.07. The summed E-state index contributed by atoms with van der Waals surface area (Å²) >= 11 is 0. The van der Waals surface area contributed by atoms with Gasteiger partial charge in [-0.25, -0.2) is 4.98 Å². The fraction of sp³-hybridized carbons (Fsp3) is 0. The normalized spacial score (nSPS) is 12.1. The Kier molecular flexibility index (Phi) is 7.97. The molecule has 0 N–H and O–H groups in total. The van der Waals surface area contributed by atoms with Crippen LogP contribution in [0.15, 0.2) is 229 Å². The van der Waals surface area contributed by atoms with Crippen molar-refractivity contribution in [2.75, 3.05) is 0 Å². The van der Waals surface area contributed by atoms with Crippen molar-refractivity contribution in [2.24, 2.45) is 0 Å². The minimum absolute atomic E-state index is 0.541. The smallest absolute Gasteiger partial charge is 0.238 e. The molecule has 0 radical (unpaired) electrons. The van der Waals surface area contributed by atoms with Crippen molar-refractivity contribution >= 4 is 97.9 Å². The predicted octanol–water partition coefficient (Wildman–Crippen LogP) is 16.4. The summed E-state index contributed by atoms with van der Waals surface area (Å²) in [5.41, 5.74) is 11.1. The predicted molar refractivity (Wildman–Crippen MR) is 285 cm³/mol. The summed E-state index contributed by atoms with van der Waals surface area (Å²) in [7, 11) is 0. The van der Waals surface area contributed by atoms with Gasteiger partial charge in [0, 0.05) is 49.0 Å². The van der Waals surface area contributed by atoms with Gasteiger partial charge >= 0.3 is 0 Å². The summed E-state index contributed by atoms with van der Waals surface area (Å²) in [6, 6.07) is 80.0. The number of para-hydroxylation sites is 4. The van der Waals surface area contributed by atoms with Gasteiger partial charge in [0.1, 0.15) is 11.2 Å². The zero-order valence-corrected chi connectivity index (χ0v) is 37.0. The van der Waals surface area contributed by atoms with Gasteiger partial charge in [-0.3, -0.25) is 4.57 Å². The maximum Gasteiger partial charge on any atom is 0.238 e. The zero-order chi connectivity index (χ0) is 45.2. The number of hydrogen-bond donors (Lipinski definition) is 0. The summed E-state index contributed by atoms with van der Waals surface area (Å²) in [6.45, 7) is 0. The van der Waals surface area contributed by atoms with Gasteiger partial charge in [0.05, 0.1) is 27.8 Å². The molecule has 0 saturated carbocycles. The van der Waals surface area contributed by atoms with Crippen LogP contribution in [-0.4, -0.2) is 24.1 Å². The van der Waals surface area contributed by atoms with E-state index in [0.29, 0.717) is 17.6 Å². The van der Waals surface area contributed by atoms with E-state index in [9.17, 15) is 0 Å². The molecule has 0 atom stereocenters. The van der Waals surface area contributed by atoms with E-state index in [0.717, 1.165) is 87.9 Å². The maximum atomic E-state index is 6.36. The molecule has 69 heavy (non-hydrogen) atoms. The second kappa shape index (κ2) is 14.6. The molecule has 4 heterocycles. The Labute approximate surface area is 394 Å². The zero-order valence-electron chi connectivity index (χ0n) is 37.0. The highest BCUT2D eigenvalue weighted by molar-refractivity contribution is 6.26. The molecule has 11 aromatic carbocycles. The van der Waals surface area contributed by atoms with Crippen LogP contribution in [-0.2, 0) is 0 Å². The lowest BCUT2D eigenvalue weighted by Crippen LogP contribution is -2.06. The molecule has 0 bridgehead atoms. The van der Waals surface area contributed by atoms with E-state index in [2.05, 4.69) is 191 Å². The average molecular weight is 880 g/mol. The number of nitrogens with zero attached hydrogens (tertiary/aromatic N) is 5. The van der Waals surface area contributed by atoms with E-state index in [-0.39, 0.29) is 0 Å². The van der Waals surface area contributed by atoms with E-state index in [1.54, 1.807) is 0 Å². The molecule has 0 aliphatic heterocycles. The van der Waals surface area contributed by atoms with Gasteiger partial charge in [-0.2, -0.15) is 9.97 Å². The molecule has 15 aromatic rings. The quantitative estimate of drug-likeness (QED) is 0.162. The molecule has 6 heteroatoms. The highest BCUT2D eigenvalue weighted by atomic mass is 16.3. The maximum absolute atomic E-state index is 6.36. The van der Waals surface area contributed by atoms with Crippen molar-refractivity contribution in [3.8, 4) is 45.5 Å². The van der Waals surface area contributed by atoms with E-state index < -0.39 is 0 Å². The molecular formula is C63H37N5O. The first kappa shape index (κ1) is 37.8. The first-order chi connectivity index (χ1) is 34.2. The summed E-state index contributed by atoms with van der Waals surface area (Å²) < 4.78 is 11.0. The summed E-state index contributed by atoms with van der Waals surface area (Å²) in [5.74, 6) is 1.70. The highest BCUT2D eigenvalue weighted by Gasteiger charge is 2.23. The van der Waals surface area contributed by atoms with E-state index in [1.807, 2.05) is 42.5 Å². The van der Waals surface area contributed by atoms with Crippen LogP contribution < -0.4 is 0 Å². The second-order valence-electron chi connectivity index (χ2n) is 17.9. The van der Waals surface area contributed by atoms with Gasteiger partial charge in [0.15, 0.2) is 11.6 Å². The van der Waals surface area contributed by atoms with Crippen molar-refractivity contribution in [3.05, 3.63) is 224 Å². The van der Waals surface area contributed by atoms with Gasteiger partial charge in [0.25, 0.3) is 0 Å². The Balaban J connectivity index is 0.966. The van der Waals surface area contributed by atoms with Crippen LogP contribution in [0.1, 0.15) is 0 Å². The van der Waals surface area contributed by atoms with E-state index >= 15 is 0 Å². The molecule has 0 unspecified atom stereocenters. The lowest BCUT2D eigenvalue weighted by molar-refractivity contribution is 0.669. The number of aromatic nitrogens is 5. The number of rotatable bonds is 5. The van der Waals surface area contributed by atoms with Gasteiger partial charge in [0.2, 0.25) is 5.95 Å². The van der Waals surface area contributed by atoms with Crippen LogP contribution in [0.25, 0.3) is 143 Å². The Morgan fingerprint density at radius 1 is 0.275 bits per heavy atom. The number of hydrogen-bond acceptors (Lipinski definition) is 4. The van der Waals surface area contributed by atoms with E-state index in [4.69, 9.17) is 19.4 Å². The first-order valence-corrected chi connectivity index (χ1v) is 23.3. The Hall–Kier alpha value is -9.39. The SMILES string of the molecule is c1ccc(-c2nc(-c3ccc4c(c3)oc3ccccc34)nc(-n3c4ccccc4c4cc5c(cc43)c3ccccc3n5-c3ccccc3-c3ccc4c5ccccc5c5ccccc5c4c3)n2)cc1.